The number of nitrogens with two attached hydrogens (primary N) is 1. The number of nitrogen functional groups attached to an aromatic ring is 1. The summed E-state index contributed by atoms with van der Waals surface area (Å²) in [6.07, 6.45) is 0. The average molecular weight is 246 g/mol. The predicted molar refractivity (Wildman–Crippen MR) is 53.0 cm³/mol. The number of halogens is 3. The van der Waals surface area contributed by atoms with Crippen molar-refractivity contribution in [3.8, 4) is 5.69 Å². The molecule has 84 valence electrons. The van der Waals surface area contributed by atoms with Crippen molar-refractivity contribution in [1.82, 2.24) is 14.8 Å². The second-order valence-corrected chi connectivity index (χ2v) is 3.33. The number of hydrogen-bond acceptors (Lipinski definition) is 3. The highest BCUT2D eigenvalue weighted by Crippen LogP contribution is 2.19. The number of benzene rings is 1. The molecule has 16 heavy (non-hydrogen) atoms. The minimum Gasteiger partial charge on any atom is -0.368 e. The lowest BCUT2D eigenvalue weighted by atomic mass is 10.3. The van der Waals surface area contributed by atoms with Crippen molar-refractivity contribution >= 4 is 18.2 Å². The van der Waals surface area contributed by atoms with Crippen LogP contribution >= 0.6 is 12.2 Å². The molecule has 0 radical (unpaired) electrons. The van der Waals surface area contributed by atoms with Crippen molar-refractivity contribution in [3.63, 3.8) is 0 Å². The van der Waals surface area contributed by atoms with Crippen molar-refractivity contribution in [2.75, 3.05) is 5.73 Å². The molecule has 1 aromatic carbocycles. The molecule has 0 amide bonds. The van der Waals surface area contributed by atoms with Gasteiger partial charge in [-0.2, -0.15) is 0 Å². The van der Waals surface area contributed by atoms with Gasteiger partial charge < -0.3 is 5.73 Å². The Morgan fingerprint density at radius 3 is 2.38 bits per heavy atom. The van der Waals surface area contributed by atoms with Gasteiger partial charge in [0, 0.05) is 12.1 Å². The third kappa shape index (κ3) is 1.56. The van der Waals surface area contributed by atoms with Crippen LogP contribution in [-0.4, -0.2) is 14.8 Å². The van der Waals surface area contributed by atoms with Crippen LogP contribution in [0.15, 0.2) is 12.1 Å². The lowest BCUT2D eigenvalue weighted by molar-refractivity contribution is 0.493. The van der Waals surface area contributed by atoms with Crippen LogP contribution in [0.5, 0.6) is 0 Å². The Bertz CT molecular complexity index is 604. The Kier molecular flexibility index (Phi) is 2.43. The zero-order valence-corrected chi connectivity index (χ0v) is 8.49. The molecule has 0 bridgehead atoms. The summed E-state index contributed by atoms with van der Waals surface area (Å²) in [5.41, 5.74) is 5.11. The molecule has 1 heterocycles. The smallest absolute Gasteiger partial charge is 0.225 e. The molecule has 8 heteroatoms. The van der Waals surface area contributed by atoms with Gasteiger partial charge in [-0.25, -0.2) is 18.3 Å². The van der Waals surface area contributed by atoms with Gasteiger partial charge in [-0.1, -0.05) is 0 Å². The summed E-state index contributed by atoms with van der Waals surface area (Å²) in [7, 11) is 0. The van der Waals surface area contributed by atoms with E-state index >= 15 is 0 Å². The van der Waals surface area contributed by atoms with Gasteiger partial charge in [0.1, 0.15) is 0 Å². The molecule has 0 spiro atoms. The van der Waals surface area contributed by atoms with Gasteiger partial charge in [-0.15, -0.1) is 5.10 Å². The van der Waals surface area contributed by atoms with Gasteiger partial charge in [-0.05, 0) is 12.2 Å². The Morgan fingerprint density at radius 2 is 1.81 bits per heavy atom. The lowest BCUT2D eigenvalue weighted by Crippen LogP contribution is -2.04. The Hall–Kier alpha value is -1.83. The summed E-state index contributed by atoms with van der Waals surface area (Å²) in [6.45, 7) is 0. The monoisotopic (exact) mass is 246 g/mol. The molecule has 0 saturated carbocycles. The molecule has 0 aliphatic carbocycles. The van der Waals surface area contributed by atoms with Crippen molar-refractivity contribution < 1.29 is 13.2 Å². The van der Waals surface area contributed by atoms with E-state index < -0.39 is 17.5 Å². The standard InChI is InChI=1S/C8H5F3N4S/c9-3-1-5(11)6(2-4(3)10)15-7(12)13-14-8(15)16/h1-2H,(H2,12,13)(H,14,16). The zero-order chi connectivity index (χ0) is 11.9. The fraction of sp³-hybridized carbons (Fsp3) is 0. The minimum atomic E-state index is -1.28. The van der Waals surface area contributed by atoms with Gasteiger partial charge in [-0.3, -0.25) is 4.57 Å². The first kappa shape index (κ1) is 10.7. The number of H-pyrrole nitrogens is 1. The van der Waals surface area contributed by atoms with E-state index in [1.807, 2.05) is 0 Å². The predicted octanol–water partition coefficient (Wildman–Crippen LogP) is 1.93. The molecule has 0 unspecified atom stereocenters. The second kappa shape index (κ2) is 3.63. The van der Waals surface area contributed by atoms with Gasteiger partial charge in [0.05, 0.1) is 5.69 Å². The molecule has 0 saturated heterocycles. The van der Waals surface area contributed by atoms with Crippen LogP contribution in [0.25, 0.3) is 5.69 Å². The summed E-state index contributed by atoms with van der Waals surface area (Å²) < 4.78 is 40.0. The van der Waals surface area contributed by atoms with Crippen LogP contribution in [-0.2, 0) is 0 Å². The SMILES string of the molecule is Nc1n[nH]c(=S)n1-c1cc(F)c(F)cc1F. The van der Waals surface area contributed by atoms with E-state index in [9.17, 15) is 13.2 Å². The van der Waals surface area contributed by atoms with E-state index in [-0.39, 0.29) is 16.4 Å². The molecular formula is C8H5F3N4S. The molecule has 0 aliphatic heterocycles. The van der Waals surface area contributed by atoms with Crippen molar-refractivity contribution in [1.29, 1.82) is 0 Å². The van der Waals surface area contributed by atoms with Crippen LogP contribution < -0.4 is 5.73 Å². The molecule has 1 aromatic heterocycles. The second-order valence-electron chi connectivity index (χ2n) is 2.94. The average Bonchev–Trinajstić information content (AvgIpc) is 2.53. The summed E-state index contributed by atoms with van der Waals surface area (Å²) >= 11 is 4.77. The van der Waals surface area contributed by atoms with Crippen LogP contribution in [0, 0.1) is 22.2 Å². The first-order valence-corrected chi connectivity index (χ1v) is 4.49. The Morgan fingerprint density at radius 1 is 1.19 bits per heavy atom. The molecule has 2 aromatic rings. The molecule has 0 atom stereocenters. The third-order valence-electron chi connectivity index (χ3n) is 1.93. The number of aromatic amines is 1. The first-order valence-electron chi connectivity index (χ1n) is 4.08. The lowest BCUT2D eigenvalue weighted by Gasteiger charge is -2.05. The maximum Gasteiger partial charge on any atom is 0.225 e. The molecule has 4 nitrogen and oxygen atoms in total. The molecule has 3 N–H and O–H groups in total. The fourth-order valence-corrected chi connectivity index (χ4v) is 1.46. The van der Waals surface area contributed by atoms with E-state index in [2.05, 4.69) is 10.2 Å². The Balaban J connectivity index is 2.74. The highest BCUT2D eigenvalue weighted by molar-refractivity contribution is 7.71. The third-order valence-corrected chi connectivity index (χ3v) is 2.20. The number of rotatable bonds is 1. The number of hydrogen-bond donors (Lipinski definition) is 2. The van der Waals surface area contributed by atoms with Crippen LogP contribution in [0.4, 0.5) is 19.1 Å². The summed E-state index contributed by atoms with van der Waals surface area (Å²) in [5, 5.41) is 5.83. The fourth-order valence-electron chi connectivity index (χ4n) is 1.23. The van der Waals surface area contributed by atoms with E-state index in [1.54, 1.807) is 0 Å². The summed E-state index contributed by atoms with van der Waals surface area (Å²) in [4.78, 5) is 0. The molecular weight excluding hydrogens is 241 g/mol. The maximum absolute atomic E-state index is 13.4. The zero-order valence-electron chi connectivity index (χ0n) is 7.67. The highest BCUT2D eigenvalue weighted by atomic mass is 32.1. The van der Waals surface area contributed by atoms with E-state index in [0.29, 0.717) is 12.1 Å². The number of nitrogens with zero attached hydrogens (tertiary/aromatic N) is 2. The Labute approximate surface area is 92.5 Å². The van der Waals surface area contributed by atoms with E-state index in [4.69, 9.17) is 18.0 Å². The van der Waals surface area contributed by atoms with Gasteiger partial charge >= 0.3 is 0 Å². The maximum atomic E-state index is 13.4. The van der Waals surface area contributed by atoms with Crippen molar-refractivity contribution in [2.24, 2.45) is 0 Å². The van der Waals surface area contributed by atoms with Gasteiger partial charge in [0.2, 0.25) is 10.7 Å². The number of nitrogens with one attached hydrogen (secondary N) is 1. The van der Waals surface area contributed by atoms with Crippen molar-refractivity contribution in [2.45, 2.75) is 0 Å². The minimum absolute atomic E-state index is 0.0117. The van der Waals surface area contributed by atoms with E-state index in [1.165, 1.54) is 0 Å². The molecule has 0 fully saturated rings. The van der Waals surface area contributed by atoms with E-state index in [0.717, 1.165) is 4.57 Å². The number of anilines is 1. The molecule has 0 aliphatic rings. The van der Waals surface area contributed by atoms with Gasteiger partial charge in [0.15, 0.2) is 17.5 Å². The van der Waals surface area contributed by atoms with Crippen LogP contribution in [0.3, 0.4) is 0 Å². The molecule has 2 rings (SSSR count). The first-order chi connectivity index (χ1) is 7.50. The van der Waals surface area contributed by atoms with Crippen LogP contribution in [0.1, 0.15) is 0 Å². The number of aromatic nitrogens is 3. The summed E-state index contributed by atoms with van der Waals surface area (Å²) in [5.74, 6) is -3.60. The highest BCUT2D eigenvalue weighted by Gasteiger charge is 2.14. The van der Waals surface area contributed by atoms with Crippen LogP contribution in [0.2, 0.25) is 0 Å². The van der Waals surface area contributed by atoms with Crippen molar-refractivity contribution in [3.05, 3.63) is 34.4 Å². The largest absolute Gasteiger partial charge is 0.368 e. The van der Waals surface area contributed by atoms with Gasteiger partial charge in [0.25, 0.3) is 0 Å². The topological polar surface area (TPSA) is 59.6 Å². The normalized spacial score (nSPS) is 10.7. The summed E-state index contributed by atoms with van der Waals surface area (Å²) in [6, 6.07) is 1.07. The quantitative estimate of drug-likeness (QED) is 0.597.